The number of rotatable bonds is 24. The van der Waals surface area contributed by atoms with Crippen molar-refractivity contribution >= 4 is 64.2 Å². The zero-order chi connectivity index (χ0) is 47.3. The average Bonchev–Trinajstić information content (AvgIpc) is 3.92. The number of carbonyl (C=O) groups excluding carboxylic acids is 5. The van der Waals surface area contributed by atoms with E-state index in [9.17, 15) is 28.4 Å². The molecule has 0 radical (unpaired) electrons. The lowest BCUT2D eigenvalue weighted by Crippen LogP contribution is -2.54. The van der Waals surface area contributed by atoms with E-state index in [0.29, 0.717) is 47.0 Å². The highest BCUT2D eigenvalue weighted by Gasteiger charge is 2.45. The molecule has 2 aromatic heterocycles. The summed E-state index contributed by atoms with van der Waals surface area (Å²) < 4.78 is 21.8. The fourth-order valence-corrected chi connectivity index (χ4v) is 9.81. The Kier molecular flexibility index (Phi) is 17.7. The number of piperidine rings is 2. The van der Waals surface area contributed by atoms with Gasteiger partial charge in [0.15, 0.2) is 11.6 Å². The fourth-order valence-electron chi connectivity index (χ4n) is 9.25. The predicted octanol–water partition coefficient (Wildman–Crippen LogP) is 9.73. The van der Waals surface area contributed by atoms with E-state index < -0.39 is 35.5 Å². The van der Waals surface area contributed by atoms with Crippen LogP contribution in [0.25, 0.3) is 11.1 Å². The van der Waals surface area contributed by atoms with Crippen LogP contribution in [0, 0.1) is 5.82 Å². The number of likely N-dealkylation sites (tertiary alicyclic amines) is 1. The molecule has 2 aromatic carbocycles. The van der Waals surface area contributed by atoms with Crippen LogP contribution < -0.4 is 21.1 Å². The topological polar surface area (TPSA) is 182 Å². The average molecular weight is 960 g/mol. The van der Waals surface area contributed by atoms with Gasteiger partial charge in [0, 0.05) is 73.1 Å². The lowest BCUT2D eigenvalue weighted by atomic mass is 10.0. The molecule has 0 spiro atoms. The van der Waals surface area contributed by atoms with E-state index in [1.807, 2.05) is 21.8 Å². The third-order valence-corrected chi connectivity index (χ3v) is 13.9. The second-order valence-corrected chi connectivity index (χ2v) is 18.6. The minimum atomic E-state index is -0.973. The normalized spacial score (nSPS) is 16.4. The molecule has 0 saturated carbocycles. The third kappa shape index (κ3) is 12.7. The summed E-state index contributed by atoms with van der Waals surface area (Å²) >= 11 is 12.3. The number of ether oxygens (including phenoxy) is 1. The van der Waals surface area contributed by atoms with Crippen molar-refractivity contribution in [2.24, 2.45) is 0 Å². The Labute approximate surface area is 401 Å². The Balaban J connectivity index is 0.687. The first kappa shape index (κ1) is 49.4. The summed E-state index contributed by atoms with van der Waals surface area (Å²) in [4.78, 5) is 70.7. The first-order valence-corrected chi connectivity index (χ1v) is 24.7. The molecule has 0 aliphatic carbocycles. The minimum absolute atomic E-state index is 0.0176. The number of halogens is 3. The summed E-state index contributed by atoms with van der Waals surface area (Å²) in [6.07, 6.45) is 23.2. The maximum absolute atomic E-state index is 13.9. The smallest absolute Gasteiger partial charge is 0.264 e. The highest BCUT2D eigenvalue weighted by molar-refractivity contribution is 6.36. The van der Waals surface area contributed by atoms with E-state index in [1.165, 1.54) is 57.1 Å². The SMILES string of the molecule is Nc1ncc(-c2cnn(C3CCN(C(=O)CCCCCCCCCCCCCCCNc4cccc5c4C(=O)N([C@@H]4CCC(=O)NC4=O)C5=O)CC3)c2)cc1OCCc1c(Cl)ccc(F)c1Cl. The second kappa shape index (κ2) is 24.0. The van der Waals surface area contributed by atoms with Crippen LogP contribution >= 0.6 is 23.2 Å². The van der Waals surface area contributed by atoms with Gasteiger partial charge in [-0.1, -0.05) is 99.9 Å². The van der Waals surface area contributed by atoms with Crippen LogP contribution in [0.3, 0.4) is 0 Å². The van der Waals surface area contributed by atoms with Crippen molar-refractivity contribution in [2.45, 2.75) is 134 Å². The van der Waals surface area contributed by atoms with Crippen molar-refractivity contribution in [2.75, 3.05) is 37.3 Å². The van der Waals surface area contributed by atoms with E-state index in [4.69, 9.17) is 33.7 Å². The number of hydrogen-bond donors (Lipinski definition) is 3. The largest absolute Gasteiger partial charge is 0.489 e. The molecule has 358 valence electrons. The molecule has 1 atom stereocenters. The van der Waals surface area contributed by atoms with Crippen LogP contribution in [0.2, 0.25) is 10.0 Å². The quantitative estimate of drug-likeness (QED) is 0.0347. The Morgan fingerprint density at radius 3 is 2.24 bits per heavy atom. The molecule has 67 heavy (non-hydrogen) atoms. The number of pyridine rings is 1. The minimum Gasteiger partial charge on any atom is -0.489 e. The molecule has 17 heteroatoms. The number of aromatic nitrogens is 3. The van der Waals surface area contributed by atoms with Crippen molar-refractivity contribution in [3.8, 4) is 16.9 Å². The molecule has 5 heterocycles. The standard InChI is InChI=1S/C50H61Cl2FN8O6/c51-38-18-19-39(53)46(52)36(38)24-28-67-42-29-33(30-56-47(42)54)34-31-57-60(32-34)35-22-26-59(27-23-35)44(63)17-12-10-8-6-4-2-1-3-5-7-9-11-13-25-55-40-16-14-15-37-45(40)50(66)61(49(37)65)41-20-21-43(62)58-48(41)64/h14-16,18-19,29-32,35,41,55H,1-13,17,20-28H2,(H2,54,56)(H,58,62,64)/t41-/m1/s1. The van der Waals surface area contributed by atoms with Gasteiger partial charge >= 0.3 is 0 Å². The molecule has 0 bridgehead atoms. The number of anilines is 2. The fraction of sp³-hybridized carbons (Fsp3) is 0.500. The van der Waals surface area contributed by atoms with E-state index in [0.717, 1.165) is 80.5 Å². The summed E-state index contributed by atoms with van der Waals surface area (Å²) in [7, 11) is 0. The van der Waals surface area contributed by atoms with E-state index >= 15 is 0 Å². The van der Waals surface area contributed by atoms with Crippen LogP contribution in [-0.2, 0) is 20.8 Å². The number of nitrogens with two attached hydrogens (primary N) is 1. The summed E-state index contributed by atoms with van der Waals surface area (Å²) in [5.74, 6) is -1.64. The van der Waals surface area contributed by atoms with E-state index in [-0.39, 0.29) is 47.8 Å². The number of amides is 5. The van der Waals surface area contributed by atoms with Gasteiger partial charge in [-0.25, -0.2) is 9.37 Å². The number of nitrogen functional groups attached to an aromatic ring is 1. The van der Waals surface area contributed by atoms with E-state index in [1.54, 1.807) is 30.6 Å². The number of fused-ring (bicyclic) bond motifs is 1. The Morgan fingerprint density at radius 1 is 0.851 bits per heavy atom. The van der Waals surface area contributed by atoms with Gasteiger partial charge in [-0.2, -0.15) is 5.10 Å². The van der Waals surface area contributed by atoms with E-state index in [2.05, 4.69) is 20.7 Å². The number of nitrogens with zero attached hydrogens (tertiary/aromatic N) is 5. The van der Waals surface area contributed by atoms with Crippen molar-refractivity contribution in [1.82, 2.24) is 29.9 Å². The van der Waals surface area contributed by atoms with Crippen molar-refractivity contribution in [1.29, 1.82) is 0 Å². The molecule has 4 aromatic rings. The van der Waals surface area contributed by atoms with Gasteiger partial charge < -0.3 is 20.7 Å². The molecular formula is C50H61Cl2FN8O6. The zero-order valence-electron chi connectivity index (χ0n) is 38.0. The molecule has 7 rings (SSSR count). The number of hydrogen-bond acceptors (Lipinski definition) is 10. The molecule has 14 nitrogen and oxygen atoms in total. The summed E-state index contributed by atoms with van der Waals surface area (Å²) in [6.45, 7) is 2.30. The molecule has 2 fully saturated rings. The lowest BCUT2D eigenvalue weighted by Gasteiger charge is -2.32. The van der Waals surface area contributed by atoms with Crippen molar-refractivity contribution < 1.29 is 33.1 Å². The highest BCUT2D eigenvalue weighted by Crippen LogP contribution is 2.34. The summed E-state index contributed by atoms with van der Waals surface area (Å²) in [6, 6.07) is 8.88. The number of unbranched alkanes of at least 4 members (excludes halogenated alkanes) is 12. The molecule has 2 saturated heterocycles. The van der Waals surface area contributed by atoms with Gasteiger partial charge in [0.05, 0.1) is 35.0 Å². The molecule has 3 aliphatic rings. The Morgan fingerprint density at radius 2 is 1.54 bits per heavy atom. The number of carbonyl (C=O) groups is 5. The molecular weight excluding hydrogens is 899 g/mol. The van der Waals surface area contributed by atoms with Crippen molar-refractivity contribution in [3.05, 3.63) is 87.5 Å². The first-order valence-electron chi connectivity index (χ1n) is 23.9. The molecule has 4 N–H and O–H groups in total. The lowest BCUT2D eigenvalue weighted by molar-refractivity contribution is -0.136. The highest BCUT2D eigenvalue weighted by atomic mass is 35.5. The maximum Gasteiger partial charge on any atom is 0.264 e. The Bertz CT molecular complexity index is 2410. The van der Waals surface area contributed by atoms with Gasteiger partial charge in [-0.15, -0.1) is 0 Å². The van der Waals surface area contributed by atoms with Crippen LogP contribution in [0.4, 0.5) is 15.9 Å². The van der Waals surface area contributed by atoms with Crippen LogP contribution in [0.15, 0.2) is 55.0 Å². The van der Waals surface area contributed by atoms with Gasteiger partial charge in [-0.05, 0) is 68.0 Å². The molecule has 5 amide bonds. The van der Waals surface area contributed by atoms with Gasteiger partial charge in [0.1, 0.15) is 11.9 Å². The Hall–Kier alpha value is -5.54. The number of benzene rings is 2. The van der Waals surface area contributed by atoms with Crippen LogP contribution in [-0.4, -0.2) is 86.4 Å². The second-order valence-electron chi connectivity index (χ2n) is 17.8. The maximum atomic E-state index is 13.9. The summed E-state index contributed by atoms with van der Waals surface area (Å²) in [5, 5.41) is 10.6. The first-order chi connectivity index (χ1) is 32.5. The third-order valence-electron chi connectivity index (χ3n) is 13.1. The van der Waals surface area contributed by atoms with Gasteiger partial charge in [0.2, 0.25) is 17.7 Å². The van der Waals surface area contributed by atoms with Gasteiger partial charge in [-0.3, -0.25) is 38.9 Å². The monoisotopic (exact) mass is 958 g/mol. The van der Waals surface area contributed by atoms with Crippen molar-refractivity contribution in [3.63, 3.8) is 0 Å². The van der Waals surface area contributed by atoms with Crippen LogP contribution in [0.1, 0.15) is 148 Å². The number of nitrogens with one attached hydrogen (secondary N) is 2. The zero-order valence-corrected chi connectivity index (χ0v) is 39.5. The van der Waals surface area contributed by atoms with Crippen LogP contribution in [0.5, 0.6) is 5.75 Å². The number of imide groups is 2. The summed E-state index contributed by atoms with van der Waals surface area (Å²) in [5.41, 5.74) is 9.44. The molecule has 3 aliphatic heterocycles. The predicted molar refractivity (Wildman–Crippen MR) is 257 cm³/mol. The molecule has 0 unspecified atom stereocenters. The van der Waals surface area contributed by atoms with Gasteiger partial charge in [0.25, 0.3) is 11.8 Å².